The van der Waals surface area contributed by atoms with Gasteiger partial charge in [-0.05, 0) is 40.5 Å². The van der Waals surface area contributed by atoms with Gasteiger partial charge in [-0.2, -0.15) is 0 Å². The highest BCUT2D eigenvalue weighted by molar-refractivity contribution is 5.80. The normalized spacial score (nSPS) is 14.4. The Hall–Kier alpha value is -3.35. The third kappa shape index (κ3) is 7.07. The van der Waals surface area contributed by atoms with Gasteiger partial charge >= 0.3 is 12.1 Å². The van der Waals surface area contributed by atoms with E-state index in [9.17, 15) is 19.5 Å². The van der Waals surface area contributed by atoms with Crippen molar-refractivity contribution >= 4 is 18.0 Å². The SMILES string of the molecule is CCC(CC(=O)NCC(CC(C)(C)C)C(=O)O)NC(=O)OCC1c2ccccc2-c2ccccc21. The zero-order valence-electron chi connectivity index (χ0n) is 21.0. The van der Waals surface area contributed by atoms with Crippen molar-refractivity contribution in [2.75, 3.05) is 13.2 Å². The van der Waals surface area contributed by atoms with Gasteiger partial charge in [0.05, 0.1) is 5.92 Å². The topological polar surface area (TPSA) is 105 Å². The van der Waals surface area contributed by atoms with Gasteiger partial charge in [0.1, 0.15) is 6.61 Å². The summed E-state index contributed by atoms with van der Waals surface area (Å²) in [6.07, 6.45) is 0.491. The third-order valence-electron chi connectivity index (χ3n) is 6.34. The summed E-state index contributed by atoms with van der Waals surface area (Å²) in [5.41, 5.74) is 4.43. The molecule has 3 rings (SSSR count). The van der Waals surface area contributed by atoms with E-state index >= 15 is 0 Å². The summed E-state index contributed by atoms with van der Waals surface area (Å²) < 4.78 is 5.58. The Bertz CT molecular complexity index is 1010. The van der Waals surface area contributed by atoms with E-state index in [0.29, 0.717) is 12.8 Å². The molecule has 0 radical (unpaired) electrons. The molecular weight excluding hydrogens is 444 g/mol. The Morgan fingerprint density at radius 3 is 2.09 bits per heavy atom. The predicted molar refractivity (Wildman–Crippen MR) is 135 cm³/mol. The molecule has 0 heterocycles. The summed E-state index contributed by atoms with van der Waals surface area (Å²) >= 11 is 0. The van der Waals surface area contributed by atoms with E-state index in [1.165, 1.54) is 0 Å². The summed E-state index contributed by atoms with van der Waals surface area (Å²) in [5, 5.41) is 14.9. The maximum absolute atomic E-state index is 12.5. The van der Waals surface area contributed by atoms with Crippen LogP contribution in [0, 0.1) is 11.3 Å². The number of carboxylic acid groups (broad SMARTS) is 1. The molecule has 35 heavy (non-hydrogen) atoms. The lowest BCUT2D eigenvalue weighted by Gasteiger charge is -2.24. The monoisotopic (exact) mass is 480 g/mol. The Kier molecular flexibility index (Phi) is 8.54. The second-order valence-electron chi connectivity index (χ2n) is 10.4. The van der Waals surface area contributed by atoms with E-state index in [1.54, 1.807) is 0 Å². The van der Waals surface area contributed by atoms with Crippen LogP contribution >= 0.6 is 0 Å². The molecule has 2 aromatic rings. The highest BCUT2D eigenvalue weighted by Gasteiger charge is 2.29. The fourth-order valence-corrected chi connectivity index (χ4v) is 4.62. The van der Waals surface area contributed by atoms with E-state index in [2.05, 4.69) is 34.9 Å². The molecule has 0 saturated heterocycles. The molecule has 0 spiro atoms. The fraction of sp³-hybridized carbons (Fsp3) is 0.464. The van der Waals surface area contributed by atoms with Crippen LogP contribution in [-0.4, -0.2) is 42.3 Å². The maximum Gasteiger partial charge on any atom is 0.407 e. The molecule has 7 heteroatoms. The molecule has 2 amide bonds. The molecule has 7 nitrogen and oxygen atoms in total. The summed E-state index contributed by atoms with van der Waals surface area (Å²) in [5.74, 6) is -1.92. The molecule has 0 saturated carbocycles. The van der Waals surface area contributed by atoms with Crippen molar-refractivity contribution in [2.24, 2.45) is 11.3 Å². The molecule has 2 aromatic carbocycles. The van der Waals surface area contributed by atoms with Crippen LogP contribution in [0.4, 0.5) is 4.79 Å². The number of carbonyl (C=O) groups excluding carboxylic acids is 2. The third-order valence-corrected chi connectivity index (χ3v) is 6.34. The molecule has 0 aliphatic heterocycles. The van der Waals surface area contributed by atoms with Gasteiger partial charge in [0.15, 0.2) is 0 Å². The average Bonchev–Trinajstić information content (AvgIpc) is 3.13. The zero-order chi connectivity index (χ0) is 25.6. The number of ether oxygens (including phenoxy) is 1. The lowest BCUT2D eigenvalue weighted by molar-refractivity contribution is -0.142. The standard InChI is InChI=1S/C28H36N2O5/c1-5-19(14-25(31)29-16-18(26(32)33)15-28(2,3)4)30-27(34)35-17-24-22-12-8-6-10-20(22)21-11-7-9-13-23(21)24/h6-13,18-19,24H,5,14-17H2,1-4H3,(H,29,31)(H,30,34)(H,32,33). The number of carbonyl (C=O) groups is 3. The number of fused-ring (bicyclic) bond motifs is 3. The molecule has 2 atom stereocenters. The summed E-state index contributed by atoms with van der Waals surface area (Å²) in [6.45, 7) is 8.05. The Morgan fingerprint density at radius 2 is 1.57 bits per heavy atom. The van der Waals surface area contributed by atoms with Crippen LogP contribution in [0.1, 0.15) is 64.0 Å². The lowest BCUT2D eigenvalue weighted by Crippen LogP contribution is -2.41. The van der Waals surface area contributed by atoms with Crippen LogP contribution in [-0.2, 0) is 14.3 Å². The number of nitrogens with one attached hydrogen (secondary N) is 2. The van der Waals surface area contributed by atoms with Gasteiger partial charge in [0.2, 0.25) is 5.91 Å². The average molecular weight is 481 g/mol. The smallest absolute Gasteiger partial charge is 0.407 e. The first-order valence-corrected chi connectivity index (χ1v) is 12.2. The first-order valence-electron chi connectivity index (χ1n) is 12.2. The molecule has 1 aliphatic carbocycles. The molecule has 0 bridgehead atoms. The minimum absolute atomic E-state index is 0.0349. The van der Waals surface area contributed by atoms with E-state index in [1.807, 2.05) is 52.0 Å². The van der Waals surface area contributed by atoms with Crippen molar-refractivity contribution in [3.63, 3.8) is 0 Å². The first kappa shape index (κ1) is 26.3. The van der Waals surface area contributed by atoms with Crippen LogP contribution < -0.4 is 10.6 Å². The van der Waals surface area contributed by atoms with Gasteiger partial charge in [-0.15, -0.1) is 0 Å². The van der Waals surface area contributed by atoms with Crippen LogP contribution in [0.25, 0.3) is 11.1 Å². The molecule has 1 aliphatic rings. The highest BCUT2D eigenvalue weighted by Crippen LogP contribution is 2.44. The van der Waals surface area contributed by atoms with E-state index in [4.69, 9.17) is 4.74 Å². The van der Waals surface area contributed by atoms with Crippen molar-refractivity contribution in [3.8, 4) is 11.1 Å². The molecule has 3 N–H and O–H groups in total. The predicted octanol–water partition coefficient (Wildman–Crippen LogP) is 4.95. The summed E-state index contributed by atoms with van der Waals surface area (Å²) in [6, 6.07) is 15.9. The van der Waals surface area contributed by atoms with Gasteiger partial charge in [-0.1, -0.05) is 76.2 Å². The first-order chi connectivity index (χ1) is 16.6. The van der Waals surface area contributed by atoms with E-state index in [0.717, 1.165) is 22.3 Å². The lowest BCUT2D eigenvalue weighted by atomic mass is 9.84. The van der Waals surface area contributed by atoms with E-state index in [-0.39, 0.29) is 36.8 Å². The highest BCUT2D eigenvalue weighted by atomic mass is 16.5. The zero-order valence-corrected chi connectivity index (χ0v) is 21.0. The number of benzene rings is 2. The second kappa shape index (κ2) is 11.4. The fourth-order valence-electron chi connectivity index (χ4n) is 4.62. The number of amides is 2. The van der Waals surface area contributed by atoms with Crippen molar-refractivity contribution in [1.29, 1.82) is 0 Å². The van der Waals surface area contributed by atoms with Crippen LogP contribution in [0.15, 0.2) is 48.5 Å². The van der Waals surface area contributed by atoms with Crippen molar-refractivity contribution in [1.82, 2.24) is 10.6 Å². The number of aliphatic carboxylic acids is 1. The Balaban J connectivity index is 1.51. The summed E-state index contributed by atoms with van der Waals surface area (Å²) in [7, 11) is 0. The molecule has 0 aromatic heterocycles. The van der Waals surface area contributed by atoms with Crippen LogP contribution in [0.3, 0.4) is 0 Å². The van der Waals surface area contributed by atoms with Crippen LogP contribution in [0.5, 0.6) is 0 Å². The van der Waals surface area contributed by atoms with Crippen molar-refractivity contribution in [3.05, 3.63) is 59.7 Å². The van der Waals surface area contributed by atoms with Crippen molar-refractivity contribution in [2.45, 2.75) is 58.9 Å². The quantitative estimate of drug-likeness (QED) is 0.446. The molecule has 188 valence electrons. The largest absolute Gasteiger partial charge is 0.481 e. The molecule has 2 unspecified atom stereocenters. The number of carboxylic acids is 1. The van der Waals surface area contributed by atoms with Crippen molar-refractivity contribution < 1.29 is 24.2 Å². The van der Waals surface area contributed by atoms with Gasteiger partial charge < -0.3 is 20.5 Å². The van der Waals surface area contributed by atoms with Gasteiger partial charge in [0.25, 0.3) is 0 Å². The number of hydrogen-bond acceptors (Lipinski definition) is 4. The van der Waals surface area contributed by atoms with Gasteiger partial charge in [-0.25, -0.2) is 4.79 Å². The number of alkyl carbamates (subject to hydrolysis) is 1. The Labute approximate surface area is 207 Å². The number of rotatable bonds is 10. The minimum atomic E-state index is -0.927. The van der Waals surface area contributed by atoms with E-state index < -0.39 is 24.0 Å². The summed E-state index contributed by atoms with van der Waals surface area (Å²) in [4.78, 5) is 36.5. The number of hydrogen-bond donors (Lipinski definition) is 3. The Morgan fingerprint density at radius 1 is 1.00 bits per heavy atom. The molecular formula is C28H36N2O5. The minimum Gasteiger partial charge on any atom is -0.481 e. The second-order valence-corrected chi connectivity index (χ2v) is 10.4. The molecule has 0 fully saturated rings. The van der Waals surface area contributed by atoms with Crippen LogP contribution in [0.2, 0.25) is 0 Å². The van der Waals surface area contributed by atoms with Gasteiger partial charge in [-0.3, -0.25) is 9.59 Å². The van der Waals surface area contributed by atoms with Gasteiger partial charge in [0, 0.05) is 24.9 Å². The maximum atomic E-state index is 12.5.